The molecule has 7 nitrogen and oxygen atoms in total. The summed E-state index contributed by atoms with van der Waals surface area (Å²) in [7, 11) is 0. The molecule has 0 atom stereocenters. The lowest BCUT2D eigenvalue weighted by Gasteiger charge is -2.12. The number of ether oxygens (including phenoxy) is 3. The number of esters is 1. The maximum atomic E-state index is 12.9. The molecule has 0 saturated heterocycles. The molecule has 0 aromatic heterocycles. The summed E-state index contributed by atoms with van der Waals surface area (Å²) in [6, 6.07) is 10.1. The highest BCUT2D eigenvalue weighted by atomic mass is 19.1. The Hall–Kier alpha value is -3.42. The van der Waals surface area contributed by atoms with Crippen LogP contribution in [0.1, 0.15) is 29.8 Å². The lowest BCUT2D eigenvalue weighted by molar-refractivity contribution is -0.145. The molecule has 0 fully saturated rings. The van der Waals surface area contributed by atoms with Crippen LogP contribution in [0.5, 0.6) is 11.5 Å². The first-order chi connectivity index (χ1) is 13.5. The predicted molar refractivity (Wildman–Crippen MR) is 101 cm³/mol. The van der Waals surface area contributed by atoms with Crippen LogP contribution in [0.3, 0.4) is 0 Å². The molecule has 0 aliphatic rings. The fraction of sp³-hybridized carbons (Fsp3) is 0.250. The number of benzene rings is 2. The van der Waals surface area contributed by atoms with E-state index in [4.69, 9.17) is 14.2 Å². The van der Waals surface area contributed by atoms with Crippen molar-refractivity contribution in [3.63, 3.8) is 0 Å². The van der Waals surface area contributed by atoms with Crippen molar-refractivity contribution in [1.29, 1.82) is 0 Å². The minimum absolute atomic E-state index is 0.227. The number of hydrogen-bond donors (Lipinski definition) is 1. The average Bonchev–Trinajstić information content (AvgIpc) is 2.68. The first-order valence-corrected chi connectivity index (χ1v) is 8.67. The molecule has 0 heterocycles. The summed E-state index contributed by atoms with van der Waals surface area (Å²) in [6.45, 7) is 3.98. The lowest BCUT2D eigenvalue weighted by Crippen LogP contribution is -2.17. The molecular formula is C20H21FN2O5. The van der Waals surface area contributed by atoms with E-state index in [2.05, 4.69) is 10.5 Å². The Balaban J connectivity index is 2.01. The van der Waals surface area contributed by atoms with E-state index in [-0.39, 0.29) is 18.8 Å². The number of hydrazone groups is 1. The molecule has 0 aliphatic carbocycles. The molecule has 0 unspecified atom stereocenters. The molecule has 28 heavy (non-hydrogen) atoms. The standard InChI is InChI=1S/C20H21FN2O5/c1-3-26-18-11-14(5-10-17(18)28-13-19(24)27-4-2)12-22-23-20(25)15-6-8-16(21)9-7-15/h5-12H,3-4,13H2,1-2H3,(H,23,25)/b22-12-. The lowest BCUT2D eigenvalue weighted by atomic mass is 10.2. The Morgan fingerprint density at radius 1 is 1.04 bits per heavy atom. The number of amides is 1. The third-order valence-electron chi connectivity index (χ3n) is 3.40. The fourth-order valence-corrected chi connectivity index (χ4v) is 2.16. The van der Waals surface area contributed by atoms with Crippen LogP contribution in [-0.2, 0) is 9.53 Å². The number of nitrogens with one attached hydrogen (secondary N) is 1. The molecule has 2 aromatic rings. The first-order valence-electron chi connectivity index (χ1n) is 8.67. The van der Waals surface area contributed by atoms with Crippen LogP contribution < -0.4 is 14.9 Å². The van der Waals surface area contributed by atoms with Crippen LogP contribution >= 0.6 is 0 Å². The van der Waals surface area contributed by atoms with Gasteiger partial charge >= 0.3 is 5.97 Å². The van der Waals surface area contributed by atoms with E-state index in [0.717, 1.165) is 0 Å². The summed E-state index contributed by atoms with van der Waals surface area (Å²) in [5, 5.41) is 3.88. The summed E-state index contributed by atoms with van der Waals surface area (Å²) < 4.78 is 28.6. The number of halogens is 1. The highest BCUT2D eigenvalue weighted by Gasteiger charge is 2.09. The van der Waals surface area contributed by atoms with Crippen LogP contribution in [0.2, 0.25) is 0 Å². The molecule has 148 valence electrons. The van der Waals surface area contributed by atoms with Crippen molar-refractivity contribution < 1.29 is 28.2 Å². The van der Waals surface area contributed by atoms with E-state index in [1.807, 2.05) is 6.92 Å². The number of hydrogen-bond acceptors (Lipinski definition) is 6. The molecule has 0 saturated carbocycles. The summed E-state index contributed by atoms with van der Waals surface area (Å²) in [6.07, 6.45) is 1.43. The van der Waals surface area contributed by atoms with Gasteiger partial charge in [0.2, 0.25) is 0 Å². The second-order valence-electron chi connectivity index (χ2n) is 5.44. The zero-order valence-corrected chi connectivity index (χ0v) is 15.6. The van der Waals surface area contributed by atoms with Gasteiger partial charge < -0.3 is 14.2 Å². The van der Waals surface area contributed by atoms with Crippen molar-refractivity contribution in [2.45, 2.75) is 13.8 Å². The minimum atomic E-state index is -0.473. The first kappa shape index (κ1) is 20.9. The summed E-state index contributed by atoms with van der Waals surface area (Å²) in [5.41, 5.74) is 3.29. The van der Waals surface area contributed by atoms with Crippen molar-refractivity contribution in [3.05, 3.63) is 59.4 Å². The third kappa shape index (κ3) is 6.39. The van der Waals surface area contributed by atoms with Gasteiger partial charge in [0.1, 0.15) is 5.82 Å². The van der Waals surface area contributed by atoms with Gasteiger partial charge in [-0.05, 0) is 61.9 Å². The van der Waals surface area contributed by atoms with Gasteiger partial charge in [-0.1, -0.05) is 0 Å². The molecule has 0 bridgehead atoms. The van der Waals surface area contributed by atoms with E-state index in [1.54, 1.807) is 25.1 Å². The van der Waals surface area contributed by atoms with Crippen LogP contribution in [-0.4, -0.2) is 37.9 Å². The zero-order valence-electron chi connectivity index (χ0n) is 15.6. The van der Waals surface area contributed by atoms with Crippen molar-refractivity contribution >= 4 is 18.1 Å². The molecular weight excluding hydrogens is 367 g/mol. The van der Waals surface area contributed by atoms with Gasteiger partial charge in [0.25, 0.3) is 5.91 Å². The van der Waals surface area contributed by atoms with Gasteiger partial charge in [-0.15, -0.1) is 0 Å². The molecule has 0 radical (unpaired) electrons. The maximum Gasteiger partial charge on any atom is 0.344 e. The van der Waals surface area contributed by atoms with Crippen molar-refractivity contribution in [2.75, 3.05) is 19.8 Å². The molecule has 2 aromatic carbocycles. The summed E-state index contributed by atoms with van der Waals surface area (Å²) in [5.74, 6) is -0.536. The third-order valence-corrected chi connectivity index (χ3v) is 3.40. The highest BCUT2D eigenvalue weighted by Crippen LogP contribution is 2.28. The van der Waals surface area contributed by atoms with Gasteiger partial charge in [0.15, 0.2) is 18.1 Å². The molecule has 0 spiro atoms. The topological polar surface area (TPSA) is 86.2 Å². The van der Waals surface area contributed by atoms with Gasteiger partial charge in [-0.25, -0.2) is 14.6 Å². The second-order valence-corrected chi connectivity index (χ2v) is 5.44. The van der Waals surface area contributed by atoms with E-state index < -0.39 is 17.7 Å². The van der Waals surface area contributed by atoms with E-state index in [0.29, 0.717) is 23.7 Å². The van der Waals surface area contributed by atoms with Crippen molar-refractivity contribution in [3.8, 4) is 11.5 Å². The van der Waals surface area contributed by atoms with Crippen LogP contribution in [0, 0.1) is 5.82 Å². The smallest absolute Gasteiger partial charge is 0.344 e. The quantitative estimate of drug-likeness (QED) is 0.406. The molecule has 1 amide bonds. The molecule has 0 aliphatic heterocycles. The normalized spacial score (nSPS) is 10.5. The van der Waals surface area contributed by atoms with Crippen LogP contribution in [0.4, 0.5) is 4.39 Å². The Morgan fingerprint density at radius 3 is 2.46 bits per heavy atom. The number of nitrogens with zero attached hydrogens (tertiary/aromatic N) is 1. The monoisotopic (exact) mass is 388 g/mol. The van der Waals surface area contributed by atoms with Gasteiger partial charge in [0, 0.05) is 5.56 Å². The van der Waals surface area contributed by atoms with E-state index in [9.17, 15) is 14.0 Å². The number of carbonyl (C=O) groups is 2. The Morgan fingerprint density at radius 2 is 1.79 bits per heavy atom. The summed E-state index contributed by atoms with van der Waals surface area (Å²) in [4.78, 5) is 23.4. The zero-order chi connectivity index (χ0) is 20.4. The second kappa shape index (κ2) is 10.7. The van der Waals surface area contributed by atoms with Gasteiger partial charge in [-0.2, -0.15) is 5.10 Å². The highest BCUT2D eigenvalue weighted by molar-refractivity contribution is 5.94. The Kier molecular flexibility index (Phi) is 7.95. The van der Waals surface area contributed by atoms with Crippen LogP contribution in [0.25, 0.3) is 0 Å². The van der Waals surface area contributed by atoms with Crippen LogP contribution in [0.15, 0.2) is 47.6 Å². The summed E-state index contributed by atoms with van der Waals surface area (Å²) >= 11 is 0. The molecule has 2 rings (SSSR count). The van der Waals surface area contributed by atoms with Gasteiger partial charge in [0.05, 0.1) is 19.4 Å². The largest absolute Gasteiger partial charge is 0.490 e. The SMILES string of the molecule is CCOC(=O)COc1ccc(/C=N\NC(=O)c2ccc(F)cc2)cc1OCC. The molecule has 1 N–H and O–H groups in total. The van der Waals surface area contributed by atoms with E-state index >= 15 is 0 Å². The molecule has 8 heteroatoms. The number of carbonyl (C=O) groups excluding carboxylic acids is 2. The Bertz CT molecular complexity index is 837. The average molecular weight is 388 g/mol. The number of rotatable bonds is 9. The maximum absolute atomic E-state index is 12.9. The van der Waals surface area contributed by atoms with Crippen molar-refractivity contribution in [1.82, 2.24) is 5.43 Å². The minimum Gasteiger partial charge on any atom is -0.490 e. The van der Waals surface area contributed by atoms with Gasteiger partial charge in [-0.3, -0.25) is 4.79 Å². The Labute approximate surface area is 162 Å². The van der Waals surface area contributed by atoms with E-state index in [1.165, 1.54) is 30.5 Å². The predicted octanol–water partition coefficient (Wildman–Crippen LogP) is 2.93. The fourth-order valence-electron chi connectivity index (χ4n) is 2.16. The van der Waals surface area contributed by atoms with Crippen molar-refractivity contribution in [2.24, 2.45) is 5.10 Å².